The molecule has 0 amide bonds. The number of rotatable bonds is 2. The fourth-order valence-electron chi connectivity index (χ4n) is 2.73. The second kappa shape index (κ2) is 4.70. The van der Waals surface area contributed by atoms with E-state index < -0.39 is 12.0 Å². The molecular weight excluding hydrogens is 264 g/mol. The molecule has 1 aliphatic rings. The van der Waals surface area contributed by atoms with Crippen LogP contribution >= 0.6 is 0 Å². The van der Waals surface area contributed by atoms with E-state index in [4.69, 9.17) is 4.74 Å². The minimum absolute atomic E-state index is 0.225. The quantitative estimate of drug-likeness (QED) is 0.847. The third-order valence-corrected chi connectivity index (χ3v) is 3.80. The number of aromatic nitrogens is 2. The highest BCUT2D eigenvalue weighted by Gasteiger charge is 2.45. The molecule has 2 heterocycles. The van der Waals surface area contributed by atoms with Crippen molar-refractivity contribution < 1.29 is 13.5 Å². The van der Waals surface area contributed by atoms with Crippen molar-refractivity contribution in [3.8, 4) is 5.75 Å². The van der Waals surface area contributed by atoms with Gasteiger partial charge in [0.25, 0.3) is 5.92 Å². The maximum atomic E-state index is 14.2. The number of piperidine rings is 1. The van der Waals surface area contributed by atoms with Crippen molar-refractivity contribution in [3.63, 3.8) is 0 Å². The summed E-state index contributed by atoms with van der Waals surface area (Å²) in [5, 5.41) is 5.15. The molecule has 1 saturated heterocycles. The van der Waals surface area contributed by atoms with E-state index in [0.717, 1.165) is 5.39 Å². The second-order valence-corrected chi connectivity index (χ2v) is 5.34. The SMILES string of the molecule is COc1ccc2cn(C3CCN(C)CC3(F)F)nc2c1. The number of likely N-dealkylation sites (tertiary alicyclic amines) is 1. The van der Waals surface area contributed by atoms with Crippen LogP contribution in [0.1, 0.15) is 12.5 Å². The Morgan fingerprint density at radius 1 is 1.40 bits per heavy atom. The summed E-state index contributed by atoms with van der Waals surface area (Å²) < 4.78 is 34.8. The summed E-state index contributed by atoms with van der Waals surface area (Å²) in [6.45, 7) is 0.428. The fraction of sp³-hybridized carbons (Fsp3) is 0.500. The van der Waals surface area contributed by atoms with Crippen LogP contribution in [0.3, 0.4) is 0 Å². The van der Waals surface area contributed by atoms with Crippen LogP contribution in [0.25, 0.3) is 10.9 Å². The predicted octanol–water partition coefficient (Wildman–Crippen LogP) is 2.56. The number of ether oxygens (including phenoxy) is 1. The van der Waals surface area contributed by atoms with Gasteiger partial charge < -0.3 is 9.64 Å². The second-order valence-electron chi connectivity index (χ2n) is 5.34. The number of alkyl halides is 2. The molecule has 0 radical (unpaired) electrons. The summed E-state index contributed by atoms with van der Waals surface area (Å²) >= 11 is 0. The Hall–Kier alpha value is -1.69. The lowest BCUT2D eigenvalue weighted by molar-refractivity contribution is -0.101. The maximum Gasteiger partial charge on any atom is 0.282 e. The Morgan fingerprint density at radius 3 is 2.90 bits per heavy atom. The van der Waals surface area contributed by atoms with Crippen molar-refractivity contribution in [3.05, 3.63) is 24.4 Å². The zero-order valence-electron chi connectivity index (χ0n) is 11.5. The Labute approximate surface area is 115 Å². The molecular formula is C14H17F2N3O. The summed E-state index contributed by atoms with van der Waals surface area (Å²) in [6, 6.07) is 4.53. The van der Waals surface area contributed by atoms with Gasteiger partial charge in [0.2, 0.25) is 0 Å². The summed E-state index contributed by atoms with van der Waals surface area (Å²) in [5.74, 6) is -2.09. The van der Waals surface area contributed by atoms with Gasteiger partial charge in [0, 0.05) is 24.2 Å². The topological polar surface area (TPSA) is 30.3 Å². The van der Waals surface area contributed by atoms with Crippen LogP contribution in [0.15, 0.2) is 24.4 Å². The van der Waals surface area contributed by atoms with Crippen LogP contribution in [0.5, 0.6) is 5.75 Å². The number of nitrogens with zero attached hydrogens (tertiary/aromatic N) is 3. The fourth-order valence-corrected chi connectivity index (χ4v) is 2.73. The van der Waals surface area contributed by atoms with E-state index in [1.54, 1.807) is 37.4 Å². The molecule has 0 saturated carbocycles. The van der Waals surface area contributed by atoms with Gasteiger partial charge in [-0.15, -0.1) is 0 Å². The van der Waals surface area contributed by atoms with Crippen molar-refractivity contribution in [2.75, 3.05) is 27.2 Å². The minimum atomic E-state index is -2.76. The molecule has 0 spiro atoms. The highest BCUT2D eigenvalue weighted by atomic mass is 19.3. The van der Waals surface area contributed by atoms with Crippen molar-refractivity contribution in [1.29, 1.82) is 0 Å². The molecule has 6 heteroatoms. The average Bonchev–Trinajstić information content (AvgIpc) is 2.79. The third kappa shape index (κ3) is 2.24. The first-order chi connectivity index (χ1) is 9.49. The first kappa shape index (κ1) is 13.3. The van der Waals surface area contributed by atoms with Gasteiger partial charge in [0.1, 0.15) is 11.8 Å². The largest absolute Gasteiger partial charge is 0.497 e. The van der Waals surface area contributed by atoms with Gasteiger partial charge in [-0.1, -0.05) is 0 Å². The van der Waals surface area contributed by atoms with Gasteiger partial charge in [-0.2, -0.15) is 5.10 Å². The molecule has 1 aromatic heterocycles. The molecule has 3 rings (SSSR count). The van der Waals surface area contributed by atoms with Crippen molar-refractivity contribution >= 4 is 10.9 Å². The van der Waals surface area contributed by atoms with Crippen molar-refractivity contribution in [2.24, 2.45) is 0 Å². The van der Waals surface area contributed by atoms with E-state index >= 15 is 0 Å². The lowest BCUT2D eigenvalue weighted by Crippen LogP contribution is -2.47. The highest BCUT2D eigenvalue weighted by Crippen LogP contribution is 2.36. The van der Waals surface area contributed by atoms with E-state index in [9.17, 15) is 8.78 Å². The van der Waals surface area contributed by atoms with Crippen LogP contribution in [-0.4, -0.2) is 47.8 Å². The smallest absolute Gasteiger partial charge is 0.282 e. The minimum Gasteiger partial charge on any atom is -0.497 e. The molecule has 1 atom stereocenters. The molecule has 0 aliphatic carbocycles. The first-order valence-corrected chi connectivity index (χ1v) is 6.59. The van der Waals surface area contributed by atoms with Crippen molar-refractivity contribution in [1.82, 2.24) is 14.7 Å². The Bertz CT molecular complexity index is 626. The Morgan fingerprint density at radius 2 is 2.20 bits per heavy atom. The van der Waals surface area contributed by atoms with E-state index in [1.807, 2.05) is 6.07 Å². The van der Waals surface area contributed by atoms with E-state index in [1.165, 1.54) is 4.68 Å². The molecule has 1 unspecified atom stereocenters. The van der Waals surface area contributed by atoms with Crippen LogP contribution in [0, 0.1) is 0 Å². The normalized spacial score (nSPS) is 23.1. The molecule has 20 heavy (non-hydrogen) atoms. The highest BCUT2D eigenvalue weighted by molar-refractivity contribution is 5.79. The summed E-state index contributed by atoms with van der Waals surface area (Å²) in [5.41, 5.74) is 0.680. The van der Waals surface area contributed by atoms with Gasteiger partial charge in [-0.05, 0) is 25.6 Å². The van der Waals surface area contributed by atoms with E-state index in [2.05, 4.69) is 5.10 Å². The Balaban J connectivity index is 1.97. The standard InChI is InChI=1S/C14H17F2N3O/c1-18-6-5-13(14(15,16)9-18)19-8-10-3-4-11(20-2)7-12(10)17-19/h3-4,7-8,13H,5-6,9H2,1-2H3. The zero-order chi connectivity index (χ0) is 14.3. The molecule has 2 aromatic rings. The van der Waals surface area contributed by atoms with Crippen LogP contribution in [0.2, 0.25) is 0 Å². The summed E-state index contributed by atoms with van der Waals surface area (Å²) in [4.78, 5) is 1.66. The molecule has 1 aromatic carbocycles. The zero-order valence-corrected chi connectivity index (χ0v) is 11.5. The monoisotopic (exact) mass is 281 g/mol. The number of benzene rings is 1. The van der Waals surface area contributed by atoms with Gasteiger partial charge >= 0.3 is 0 Å². The lowest BCUT2D eigenvalue weighted by Gasteiger charge is -2.36. The number of fused-ring (bicyclic) bond motifs is 1. The lowest BCUT2D eigenvalue weighted by atomic mass is 10.0. The maximum absolute atomic E-state index is 14.2. The van der Waals surface area contributed by atoms with Gasteiger partial charge in [0.05, 0.1) is 19.2 Å². The summed E-state index contributed by atoms with van der Waals surface area (Å²) in [7, 11) is 3.29. The molecule has 1 fully saturated rings. The molecule has 1 aliphatic heterocycles. The average molecular weight is 281 g/mol. The first-order valence-electron chi connectivity index (χ1n) is 6.59. The van der Waals surface area contributed by atoms with E-state index in [-0.39, 0.29) is 6.54 Å². The third-order valence-electron chi connectivity index (χ3n) is 3.80. The molecule has 0 N–H and O–H groups in total. The summed E-state index contributed by atoms with van der Waals surface area (Å²) in [6.07, 6.45) is 2.09. The van der Waals surface area contributed by atoms with Gasteiger partial charge in [-0.25, -0.2) is 8.78 Å². The number of halogens is 2. The van der Waals surface area contributed by atoms with Crippen LogP contribution in [0.4, 0.5) is 8.78 Å². The van der Waals surface area contributed by atoms with Crippen LogP contribution in [-0.2, 0) is 0 Å². The molecule has 108 valence electrons. The number of hydrogen-bond acceptors (Lipinski definition) is 3. The van der Waals surface area contributed by atoms with Crippen molar-refractivity contribution in [2.45, 2.75) is 18.4 Å². The van der Waals surface area contributed by atoms with E-state index in [0.29, 0.717) is 24.2 Å². The van der Waals surface area contributed by atoms with Gasteiger partial charge in [0.15, 0.2) is 0 Å². The van der Waals surface area contributed by atoms with Gasteiger partial charge in [-0.3, -0.25) is 4.68 Å². The number of hydrogen-bond donors (Lipinski definition) is 0. The number of methoxy groups -OCH3 is 1. The Kier molecular flexibility index (Phi) is 3.12. The molecule has 0 bridgehead atoms. The predicted molar refractivity (Wildman–Crippen MR) is 72.4 cm³/mol. The molecule has 4 nitrogen and oxygen atoms in total. The van der Waals surface area contributed by atoms with Crippen LogP contribution < -0.4 is 4.74 Å².